The average molecular weight is 900 g/mol. The molecule has 358 valence electrons. The Morgan fingerprint density at radius 2 is 1.33 bits per heavy atom. The van der Waals surface area contributed by atoms with Crippen molar-refractivity contribution in [1.82, 2.24) is 21.3 Å². The van der Waals surface area contributed by atoms with Crippen molar-refractivity contribution in [1.29, 1.82) is 0 Å². The smallest absolute Gasteiger partial charge is 0.252 e. The fourth-order valence-corrected chi connectivity index (χ4v) is 7.60. The fourth-order valence-electron chi connectivity index (χ4n) is 7.60. The van der Waals surface area contributed by atoms with Crippen molar-refractivity contribution >= 4 is 29.5 Å². The zero-order valence-electron chi connectivity index (χ0n) is 37.6. The summed E-state index contributed by atoms with van der Waals surface area (Å²) in [6.45, 7) is 6.38. The van der Waals surface area contributed by atoms with Gasteiger partial charge in [-0.05, 0) is 106 Å². The minimum atomic E-state index is -1.73. The van der Waals surface area contributed by atoms with Crippen LogP contribution in [0, 0.1) is 13.8 Å². The van der Waals surface area contributed by atoms with Gasteiger partial charge >= 0.3 is 0 Å². The topological polar surface area (TPSA) is 311 Å². The molecule has 1 fully saturated rings. The highest BCUT2D eigenvalue weighted by atomic mass is 16.7. The third kappa shape index (κ3) is 17.7. The Kier molecular flexibility index (Phi) is 23.7. The van der Waals surface area contributed by atoms with Crippen molar-refractivity contribution in [2.24, 2.45) is 17.2 Å². The lowest BCUT2D eigenvalue weighted by Gasteiger charge is -2.39. The molecule has 9 atom stereocenters. The van der Waals surface area contributed by atoms with E-state index in [2.05, 4.69) is 28.2 Å². The summed E-state index contributed by atoms with van der Waals surface area (Å²) in [5.74, 6) is -3.41. The van der Waals surface area contributed by atoms with Crippen LogP contribution in [0.4, 0.5) is 0 Å². The Bertz CT molecular complexity index is 1750. The zero-order valence-corrected chi connectivity index (χ0v) is 37.6. The van der Waals surface area contributed by atoms with E-state index in [0.717, 1.165) is 48.8 Å². The number of hydrogen-bond donors (Lipinski definition) is 11. The Labute approximate surface area is 376 Å². The molecule has 0 saturated carbocycles. The van der Waals surface area contributed by atoms with Gasteiger partial charge in [0.1, 0.15) is 42.2 Å². The molecule has 0 unspecified atom stereocenters. The number of aliphatic hydroxyl groups is 3. The number of ether oxygens (including phenoxy) is 2. The van der Waals surface area contributed by atoms with Gasteiger partial charge in [-0.15, -0.1) is 0 Å². The van der Waals surface area contributed by atoms with Crippen LogP contribution in [0.3, 0.4) is 0 Å². The number of nitrogens with two attached hydrogens (primary N) is 3. The van der Waals surface area contributed by atoms with Crippen molar-refractivity contribution < 1.29 is 53.9 Å². The van der Waals surface area contributed by atoms with E-state index in [9.17, 15) is 44.4 Å². The number of primary amides is 1. The molecule has 1 saturated heterocycles. The maximum absolute atomic E-state index is 14.1. The lowest BCUT2D eigenvalue weighted by Crippen LogP contribution is -2.62. The van der Waals surface area contributed by atoms with Gasteiger partial charge in [-0.3, -0.25) is 24.0 Å². The van der Waals surface area contributed by atoms with E-state index >= 15 is 0 Å². The molecule has 14 N–H and O–H groups in total. The van der Waals surface area contributed by atoms with E-state index in [4.69, 9.17) is 26.7 Å². The van der Waals surface area contributed by atoms with Crippen molar-refractivity contribution in [2.75, 3.05) is 19.7 Å². The fraction of sp³-hybridized carbons (Fsp3) is 0.630. The highest BCUT2D eigenvalue weighted by Gasteiger charge is 2.47. The van der Waals surface area contributed by atoms with Crippen LogP contribution < -0.4 is 38.5 Å². The summed E-state index contributed by atoms with van der Waals surface area (Å²) in [7, 11) is 0. The Hall–Kier alpha value is -4.69. The predicted octanol–water partition coefficient (Wildman–Crippen LogP) is 0.661. The second kappa shape index (κ2) is 28.3. The number of phenolic OH excluding ortho intramolecular Hbond substituents is 1. The monoisotopic (exact) mass is 900 g/mol. The summed E-state index contributed by atoms with van der Waals surface area (Å²) in [4.78, 5) is 67.1. The molecule has 64 heavy (non-hydrogen) atoms. The normalized spacial score (nSPS) is 20.3. The van der Waals surface area contributed by atoms with E-state index in [1.807, 2.05) is 0 Å². The molecular weight excluding hydrogens is 827 g/mol. The second-order valence-corrected chi connectivity index (χ2v) is 16.8. The van der Waals surface area contributed by atoms with Gasteiger partial charge in [0.05, 0.1) is 6.04 Å². The molecule has 3 rings (SSSR count). The number of nitrogens with one attached hydrogen (secondary N) is 4. The van der Waals surface area contributed by atoms with Crippen LogP contribution in [0.25, 0.3) is 0 Å². The zero-order chi connectivity index (χ0) is 47.2. The first-order valence-electron chi connectivity index (χ1n) is 22.7. The molecule has 18 heteroatoms. The number of phenols is 1. The largest absolute Gasteiger partial charge is 0.508 e. The number of carbonyl (C=O) groups is 5. The molecule has 0 radical (unpaired) electrons. The Balaban J connectivity index is 1.72. The van der Waals surface area contributed by atoms with Crippen LogP contribution in [0.15, 0.2) is 42.5 Å². The third-order valence-electron chi connectivity index (χ3n) is 11.4. The second-order valence-electron chi connectivity index (χ2n) is 16.8. The number of aliphatic hydroxyl groups excluding tert-OH is 3. The van der Waals surface area contributed by atoms with Gasteiger partial charge in [0, 0.05) is 19.6 Å². The van der Waals surface area contributed by atoms with Gasteiger partial charge in [0.25, 0.3) is 5.91 Å². The van der Waals surface area contributed by atoms with Crippen LogP contribution in [0.2, 0.25) is 0 Å². The number of hydrogen-bond acceptors (Lipinski definition) is 13. The summed E-state index contributed by atoms with van der Waals surface area (Å²) in [5.41, 5.74) is 20.6. The lowest BCUT2D eigenvalue weighted by molar-refractivity contribution is -0.290. The van der Waals surface area contributed by atoms with Gasteiger partial charge in [-0.1, -0.05) is 69.4 Å². The van der Waals surface area contributed by atoms with Crippen LogP contribution in [-0.2, 0) is 46.3 Å². The Morgan fingerprint density at radius 1 is 0.734 bits per heavy atom. The molecule has 0 spiro atoms. The van der Waals surface area contributed by atoms with Gasteiger partial charge in [-0.25, -0.2) is 0 Å². The number of aromatic hydroxyl groups is 1. The molecule has 0 aromatic heterocycles. The highest BCUT2D eigenvalue weighted by molar-refractivity contribution is 5.94. The van der Waals surface area contributed by atoms with Crippen molar-refractivity contribution in [2.45, 2.75) is 166 Å². The summed E-state index contributed by atoms with van der Waals surface area (Å²) in [5, 5.41) is 52.4. The molecule has 1 heterocycles. The first-order chi connectivity index (χ1) is 30.6. The molecule has 0 bridgehead atoms. The lowest BCUT2D eigenvalue weighted by atomic mass is 9.95. The van der Waals surface area contributed by atoms with Crippen molar-refractivity contribution in [3.05, 3.63) is 64.7 Å². The minimum absolute atomic E-state index is 0.0436. The van der Waals surface area contributed by atoms with Gasteiger partial charge in [0.2, 0.25) is 23.6 Å². The van der Waals surface area contributed by atoms with E-state index in [1.165, 1.54) is 0 Å². The molecular formula is C46H73N7O11. The van der Waals surface area contributed by atoms with Crippen molar-refractivity contribution in [3.8, 4) is 5.75 Å². The molecule has 5 amide bonds. The van der Waals surface area contributed by atoms with E-state index in [1.54, 1.807) is 56.3 Å². The summed E-state index contributed by atoms with van der Waals surface area (Å²) in [6.07, 6.45) is 0.301. The van der Waals surface area contributed by atoms with Crippen LogP contribution in [0.1, 0.15) is 106 Å². The highest BCUT2D eigenvalue weighted by Crippen LogP contribution is 2.24. The maximum Gasteiger partial charge on any atom is 0.252 e. The number of benzene rings is 2. The van der Waals surface area contributed by atoms with Gasteiger partial charge in [-0.2, -0.15) is 0 Å². The predicted molar refractivity (Wildman–Crippen MR) is 240 cm³/mol. The van der Waals surface area contributed by atoms with E-state index in [-0.39, 0.29) is 57.4 Å². The number of amides is 5. The summed E-state index contributed by atoms with van der Waals surface area (Å²) >= 11 is 0. The summed E-state index contributed by atoms with van der Waals surface area (Å²) in [6, 6.07) is 7.56. The molecule has 18 nitrogen and oxygen atoms in total. The average Bonchev–Trinajstić information content (AvgIpc) is 3.26. The summed E-state index contributed by atoms with van der Waals surface area (Å²) < 4.78 is 11.3. The van der Waals surface area contributed by atoms with E-state index in [0.29, 0.717) is 31.4 Å². The molecule has 1 aliphatic heterocycles. The van der Waals surface area contributed by atoms with Crippen LogP contribution >= 0.6 is 0 Å². The molecule has 1 aliphatic rings. The number of carbonyl (C=O) groups excluding carboxylic acids is 5. The van der Waals surface area contributed by atoms with Gasteiger partial charge < -0.3 is 68.4 Å². The number of aryl methyl sites for hydroxylation is 2. The minimum Gasteiger partial charge on any atom is -0.508 e. The van der Waals surface area contributed by atoms with E-state index < -0.39 is 84.4 Å². The van der Waals surface area contributed by atoms with Crippen LogP contribution in [-0.4, -0.2) is 125 Å². The van der Waals surface area contributed by atoms with Crippen LogP contribution in [0.5, 0.6) is 5.75 Å². The Morgan fingerprint density at radius 3 is 1.98 bits per heavy atom. The quantitative estimate of drug-likeness (QED) is 0.0501. The maximum atomic E-state index is 14.1. The first-order valence-corrected chi connectivity index (χ1v) is 22.7. The standard InChI is InChI=1S/C46H73N7O11/c1-4-5-6-7-8-16-23-63-46-39(57)37(55)38(56)40(64-46)45(62)50-22-15-13-20-35(52-42(59)33(48)27-32-28(2)24-31(54)25-29(32)3)43(60)53-36(26-30-17-10-9-11-18-30)44(61)51-34(41(49)58)19-12-14-21-47/h9-11,17-18,24-25,33-40,46,54-57H,4-8,12-16,19-23,26-27,47-48H2,1-3H3,(H2,49,58)(H,50,62)(H,51,61)(H,52,59)(H,53,60)/t33-,34-,35+,36-,37-,38-,39+,40-,46+/m0/s1. The van der Waals surface area contributed by atoms with Gasteiger partial charge in [0.15, 0.2) is 12.4 Å². The third-order valence-corrected chi connectivity index (χ3v) is 11.4. The number of rotatable bonds is 29. The molecule has 2 aromatic rings. The number of unbranched alkanes of at least 4 members (excludes halogenated alkanes) is 7. The molecule has 0 aliphatic carbocycles. The molecule has 2 aromatic carbocycles. The first kappa shape index (κ1) is 53.6. The van der Waals surface area contributed by atoms with Crippen molar-refractivity contribution in [3.63, 3.8) is 0 Å². The SMILES string of the molecule is CCCCCCCCO[C@@H]1O[C@H](C(=O)NCCCC[C@@H](NC(=O)[C@@H](N)Cc2c(C)cc(O)cc2C)C(=O)N[C@@H](Cc2ccccc2)C(=O)N[C@@H](CCCCN)C(N)=O)[C@@H](O)[C@H](O)[C@H]1O.